The third-order valence-corrected chi connectivity index (χ3v) is 6.19. The highest BCUT2D eigenvalue weighted by molar-refractivity contribution is 14.1. The van der Waals surface area contributed by atoms with E-state index < -0.39 is 0 Å². The minimum Gasteiger partial charge on any atom is -0.309 e. The fourth-order valence-corrected chi connectivity index (χ4v) is 3.96. The first-order chi connectivity index (χ1) is 8.65. The zero-order chi connectivity index (χ0) is 13.0. The van der Waals surface area contributed by atoms with Crippen LogP contribution in [0.15, 0.2) is 24.3 Å². The number of hydrogen-bond acceptors (Lipinski definition) is 2. The molecule has 1 atom stereocenters. The molecule has 1 unspecified atom stereocenters. The summed E-state index contributed by atoms with van der Waals surface area (Å²) in [5, 5.41) is 3.73. The van der Waals surface area contributed by atoms with Crippen LogP contribution in [0.4, 0.5) is 0 Å². The molecule has 0 saturated heterocycles. The number of nitrogens with one attached hydrogen (secondary N) is 1. The Hall–Kier alpha value is 0.260. The number of thioether (sulfide) groups is 1. The predicted molar refractivity (Wildman–Crippen MR) is 90.3 cm³/mol. The van der Waals surface area contributed by atoms with Gasteiger partial charge in [0.1, 0.15) is 0 Å². The summed E-state index contributed by atoms with van der Waals surface area (Å²) in [5.41, 5.74) is 1.39. The van der Waals surface area contributed by atoms with Gasteiger partial charge >= 0.3 is 0 Å². The van der Waals surface area contributed by atoms with E-state index in [0.717, 1.165) is 6.54 Å². The van der Waals surface area contributed by atoms with Gasteiger partial charge in [-0.3, -0.25) is 0 Å². The molecule has 18 heavy (non-hydrogen) atoms. The Balaban J connectivity index is 1.91. The van der Waals surface area contributed by atoms with E-state index in [1.54, 1.807) is 0 Å². The van der Waals surface area contributed by atoms with Gasteiger partial charge in [-0.2, -0.15) is 11.8 Å². The van der Waals surface area contributed by atoms with Crippen LogP contribution in [0.3, 0.4) is 0 Å². The van der Waals surface area contributed by atoms with Gasteiger partial charge < -0.3 is 5.32 Å². The Morgan fingerprint density at radius 1 is 1.28 bits per heavy atom. The average Bonchev–Trinajstić information content (AvgIpc) is 2.86. The van der Waals surface area contributed by atoms with Crippen LogP contribution in [0.25, 0.3) is 0 Å². The Morgan fingerprint density at radius 2 is 1.89 bits per heavy atom. The number of rotatable bonds is 5. The zero-order valence-electron chi connectivity index (χ0n) is 11.2. The van der Waals surface area contributed by atoms with Gasteiger partial charge in [-0.25, -0.2) is 0 Å². The van der Waals surface area contributed by atoms with Crippen molar-refractivity contribution in [2.75, 3.05) is 12.8 Å². The molecule has 0 aromatic heterocycles. The summed E-state index contributed by atoms with van der Waals surface area (Å²) >= 11 is 4.41. The highest BCUT2D eigenvalue weighted by atomic mass is 127. The molecule has 1 fully saturated rings. The molecule has 1 aliphatic rings. The van der Waals surface area contributed by atoms with Crippen LogP contribution in [0, 0.1) is 3.57 Å². The van der Waals surface area contributed by atoms with Crippen LogP contribution >= 0.6 is 34.4 Å². The molecule has 100 valence electrons. The SMILES string of the molecule is CSC1(CNC(C)c2ccc(I)cc2)CCCC1. The highest BCUT2D eigenvalue weighted by Crippen LogP contribution is 2.39. The van der Waals surface area contributed by atoms with Crippen LogP contribution in [-0.2, 0) is 0 Å². The van der Waals surface area contributed by atoms with Gasteiger partial charge in [0.05, 0.1) is 0 Å². The van der Waals surface area contributed by atoms with E-state index in [9.17, 15) is 0 Å². The molecule has 0 bridgehead atoms. The van der Waals surface area contributed by atoms with Gasteiger partial charge in [0, 0.05) is 20.9 Å². The topological polar surface area (TPSA) is 12.0 Å². The van der Waals surface area contributed by atoms with Crippen molar-refractivity contribution in [3.05, 3.63) is 33.4 Å². The second kappa shape index (κ2) is 6.62. The Bertz CT molecular complexity index is 371. The van der Waals surface area contributed by atoms with Crippen LogP contribution in [-0.4, -0.2) is 17.5 Å². The first-order valence-corrected chi connectivity index (χ1v) is 9.00. The van der Waals surface area contributed by atoms with E-state index in [0.29, 0.717) is 10.8 Å². The van der Waals surface area contributed by atoms with Crippen LogP contribution in [0.5, 0.6) is 0 Å². The van der Waals surface area contributed by atoms with Crippen molar-refractivity contribution in [2.45, 2.75) is 43.4 Å². The summed E-state index contributed by atoms with van der Waals surface area (Å²) in [4.78, 5) is 0. The number of hydrogen-bond donors (Lipinski definition) is 1. The quantitative estimate of drug-likeness (QED) is 0.754. The van der Waals surface area contributed by atoms with Crippen molar-refractivity contribution in [3.63, 3.8) is 0 Å². The monoisotopic (exact) mass is 375 g/mol. The Kier molecular flexibility index (Phi) is 5.39. The van der Waals surface area contributed by atoms with Crippen molar-refractivity contribution in [1.82, 2.24) is 5.32 Å². The van der Waals surface area contributed by atoms with Crippen LogP contribution in [0.1, 0.15) is 44.2 Å². The summed E-state index contributed by atoms with van der Waals surface area (Å²) in [7, 11) is 0. The lowest BCUT2D eigenvalue weighted by Gasteiger charge is -2.29. The van der Waals surface area contributed by atoms with E-state index in [4.69, 9.17) is 0 Å². The smallest absolute Gasteiger partial charge is 0.0292 e. The lowest BCUT2D eigenvalue weighted by Crippen LogP contribution is -2.36. The first kappa shape index (κ1) is 14.7. The minimum absolute atomic E-state index is 0.451. The van der Waals surface area contributed by atoms with Crippen molar-refractivity contribution >= 4 is 34.4 Å². The molecule has 0 heterocycles. The first-order valence-electron chi connectivity index (χ1n) is 6.69. The van der Waals surface area contributed by atoms with Crippen LogP contribution in [0.2, 0.25) is 0 Å². The fraction of sp³-hybridized carbons (Fsp3) is 0.600. The highest BCUT2D eigenvalue weighted by Gasteiger charge is 2.32. The maximum absolute atomic E-state index is 3.73. The third-order valence-electron chi connectivity index (χ3n) is 4.05. The summed E-state index contributed by atoms with van der Waals surface area (Å²) in [6.07, 6.45) is 7.82. The van der Waals surface area contributed by atoms with Crippen LogP contribution < -0.4 is 5.32 Å². The molecule has 0 spiro atoms. The molecule has 1 aromatic rings. The molecule has 2 rings (SSSR count). The standard InChI is InChI=1S/C15H22INS/c1-12(13-5-7-14(16)8-6-13)17-11-15(18-2)9-3-4-10-15/h5-8,12,17H,3-4,9-11H2,1-2H3. The van der Waals surface area contributed by atoms with Gasteiger partial charge in [0.25, 0.3) is 0 Å². The molecule has 1 aromatic carbocycles. The molecular formula is C15H22INS. The number of halogens is 1. The molecule has 0 aliphatic heterocycles. The van der Waals surface area contributed by atoms with E-state index in [2.05, 4.69) is 77.1 Å². The lowest BCUT2D eigenvalue weighted by molar-refractivity contribution is 0.486. The Labute approximate surface area is 129 Å². The zero-order valence-corrected chi connectivity index (χ0v) is 14.2. The molecule has 3 heteroatoms. The van der Waals surface area contributed by atoms with Crippen molar-refractivity contribution in [1.29, 1.82) is 0 Å². The van der Waals surface area contributed by atoms with E-state index in [1.165, 1.54) is 34.8 Å². The molecule has 1 N–H and O–H groups in total. The van der Waals surface area contributed by atoms with Crippen molar-refractivity contribution in [3.8, 4) is 0 Å². The average molecular weight is 375 g/mol. The molecule has 0 radical (unpaired) electrons. The Morgan fingerprint density at radius 3 is 2.44 bits per heavy atom. The van der Waals surface area contributed by atoms with Gasteiger partial charge in [-0.05, 0) is 66.3 Å². The lowest BCUT2D eigenvalue weighted by atomic mass is 10.0. The second-order valence-corrected chi connectivity index (χ2v) is 7.77. The number of benzene rings is 1. The van der Waals surface area contributed by atoms with Gasteiger partial charge in [-0.15, -0.1) is 0 Å². The van der Waals surface area contributed by atoms with E-state index in [-0.39, 0.29) is 0 Å². The molecule has 1 saturated carbocycles. The molecule has 1 nitrogen and oxygen atoms in total. The van der Waals surface area contributed by atoms with Gasteiger partial charge in [0.15, 0.2) is 0 Å². The predicted octanol–water partition coefficient (Wildman–Crippen LogP) is 4.62. The maximum atomic E-state index is 3.73. The largest absolute Gasteiger partial charge is 0.309 e. The van der Waals surface area contributed by atoms with Gasteiger partial charge in [0.2, 0.25) is 0 Å². The fourth-order valence-electron chi connectivity index (χ4n) is 2.68. The van der Waals surface area contributed by atoms with Crippen molar-refractivity contribution in [2.24, 2.45) is 0 Å². The summed E-state index contributed by atoms with van der Waals surface area (Å²) in [6, 6.07) is 9.30. The second-order valence-electron chi connectivity index (χ2n) is 5.25. The molecule has 0 amide bonds. The normalized spacial score (nSPS) is 19.9. The third kappa shape index (κ3) is 3.64. The maximum Gasteiger partial charge on any atom is 0.0292 e. The van der Waals surface area contributed by atoms with E-state index >= 15 is 0 Å². The minimum atomic E-state index is 0.451. The molecular weight excluding hydrogens is 353 g/mol. The molecule has 1 aliphatic carbocycles. The summed E-state index contributed by atoms with van der Waals surface area (Å²) in [6.45, 7) is 3.41. The summed E-state index contributed by atoms with van der Waals surface area (Å²) < 4.78 is 1.80. The summed E-state index contributed by atoms with van der Waals surface area (Å²) in [5.74, 6) is 0. The van der Waals surface area contributed by atoms with Gasteiger partial charge in [-0.1, -0.05) is 25.0 Å². The van der Waals surface area contributed by atoms with E-state index in [1.807, 2.05) is 0 Å². The van der Waals surface area contributed by atoms with Crippen molar-refractivity contribution < 1.29 is 0 Å².